The maximum Gasteiger partial charge on any atom is 0.242 e. The van der Waals surface area contributed by atoms with Crippen molar-refractivity contribution in [3.63, 3.8) is 0 Å². The van der Waals surface area contributed by atoms with Gasteiger partial charge in [-0.2, -0.15) is 0 Å². The van der Waals surface area contributed by atoms with E-state index in [0.717, 1.165) is 4.31 Å². The molecule has 25 heavy (non-hydrogen) atoms. The van der Waals surface area contributed by atoms with Crippen LogP contribution in [0.15, 0.2) is 59.5 Å². The van der Waals surface area contributed by atoms with Gasteiger partial charge in [0.15, 0.2) is 0 Å². The molecule has 0 unspecified atom stereocenters. The summed E-state index contributed by atoms with van der Waals surface area (Å²) in [6.45, 7) is 2.05. The van der Waals surface area contributed by atoms with E-state index in [1.165, 1.54) is 43.6 Å². The summed E-state index contributed by atoms with van der Waals surface area (Å²) in [5.41, 5.74) is 1.64. The van der Waals surface area contributed by atoms with Gasteiger partial charge in [0.05, 0.1) is 10.6 Å². The molecule has 2 aromatic carbocycles. The molecule has 1 N–H and O–H groups in total. The highest BCUT2D eigenvalue weighted by Gasteiger charge is 2.17. The molecule has 1 amide bonds. The summed E-state index contributed by atoms with van der Waals surface area (Å²) in [7, 11) is -0.571. The number of anilines is 1. The van der Waals surface area contributed by atoms with Crippen molar-refractivity contribution in [1.29, 1.82) is 0 Å². The Balaban J connectivity index is 1.97. The van der Waals surface area contributed by atoms with Crippen molar-refractivity contribution >= 4 is 33.4 Å². The van der Waals surface area contributed by atoms with Crippen LogP contribution in [0.4, 0.5) is 5.69 Å². The molecule has 134 valence electrons. The number of sulfonamides is 1. The first-order valence-electron chi connectivity index (χ1n) is 7.79. The van der Waals surface area contributed by atoms with E-state index in [9.17, 15) is 13.2 Å². The number of amides is 1. The molecule has 0 aliphatic rings. The zero-order valence-electron chi connectivity index (χ0n) is 14.5. The smallest absolute Gasteiger partial charge is 0.242 e. The Kier molecular flexibility index (Phi) is 6.64. The zero-order chi connectivity index (χ0) is 18.4. The normalized spacial score (nSPS) is 12.8. The van der Waals surface area contributed by atoms with Crippen molar-refractivity contribution in [1.82, 2.24) is 4.31 Å². The molecule has 0 saturated carbocycles. The molecule has 0 bridgehead atoms. The summed E-state index contributed by atoms with van der Waals surface area (Å²) in [4.78, 5) is 12.3. The molecule has 0 saturated heterocycles. The number of carbonyl (C=O) groups is 1. The third kappa shape index (κ3) is 5.32. The lowest BCUT2D eigenvalue weighted by molar-refractivity contribution is -0.113. The van der Waals surface area contributed by atoms with Crippen LogP contribution in [0.25, 0.3) is 0 Å². The molecule has 5 nitrogen and oxygen atoms in total. The van der Waals surface area contributed by atoms with Gasteiger partial charge >= 0.3 is 0 Å². The number of nitrogens with one attached hydrogen (secondary N) is 1. The predicted octanol–water partition coefficient (Wildman–Crippen LogP) is 3.37. The molecular formula is C18H22N2O3S2. The van der Waals surface area contributed by atoms with E-state index in [-0.39, 0.29) is 16.1 Å². The molecule has 0 fully saturated rings. The summed E-state index contributed by atoms with van der Waals surface area (Å²) in [6.07, 6.45) is 0. The SMILES string of the molecule is C[C@H](SCC(=O)Nc1cccc(S(=O)(=O)N(C)C)c1)c1ccccc1. The molecule has 1 atom stereocenters. The summed E-state index contributed by atoms with van der Waals surface area (Å²) in [5, 5.41) is 2.96. The molecule has 2 aromatic rings. The van der Waals surface area contributed by atoms with Crippen LogP contribution in [0, 0.1) is 0 Å². The lowest BCUT2D eigenvalue weighted by Crippen LogP contribution is -2.22. The van der Waals surface area contributed by atoms with Crippen molar-refractivity contribution in [3.8, 4) is 0 Å². The Morgan fingerprint density at radius 3 is 2.44 bits per heavy atom. The van der Waals surface area contributed by atoms with Crippen LogP contribution in [0.1, 0.15) is 17.7 Å². The van der Waals surface area contributed by atoms with Crippen LogP contribution in [0.2, 0.25) is 0 Å². The molecular weight excluding hydrogens is 356 g/mol. The maximum atomic E-state index is 12.2. The number of hydrogen-bond acceptors (Lipinski definition) is 4. The summed E-state index contributed by atoms with van der Waals surface area (Å²) >= 11 is 1.53. The van der Waals surface area contributed by atoms with Crippen molar-refractivity contribution < 1.29 is 13.2 Å². The van der Waals surface area contributed by atoms with Crippen LogP contribution < -0.4 is 5.32 Å². The third-order valence-corrected chi connectivity index (χ3v) is 6.64. The lowest BCUT2D eigenvalue weighted by Gasteiger charge is -2.13. The van der Waals surface area contributed by atoms with E-state index in [0.29, 0.717) is 11.4 Å². The molecule has 0 heterocycles. The van der Waals surface area contributed by atoms with Crippen molar-refractivity contribution in [2.45, 2.75) is 17.1 Å². The lowest BCUT2D eigenvalue weighted by atomic mass is 10.2. The van der Waals surface area contributed by atoms with Crippen LogP contribution in [0.5, 0.6) is 0 Å². The van der Waals surface area contributed by atoms with Gasteiger partial charge in [0.2, 0.25) is 15.9 Å². The number of benzene rings is 2. The van der Waals surface area contributed by atoms with E-state index in [4.69, 9.17) is 0 Å². The van der Waals surface area contributed by atoms with Gasteiger partial charge in [-0.3, -0.25) is 4.79 Å². The van der Waals surface area contributed by atoms with Gasteiger partial charge in [0, 0.05) is 25.0 Å². The minimum absolute atomic E-state index is 0.153. The average molecular weight is 379 g/mol. The molecule has 0 aliphatic carbocycles. The molecule has 0 aromatic heterocycles. The van der Waals surface area contributed by atoms with Crippen LogP contribution in [-0.2, 0) is 14.8 Å². The Morgan fingerprint density at radius 1 is 1.12 bits per heavy atom. The average Bonchev–Trinajstić information content (AvgIpc) is 2.60. The number of thioether (sulfide) groups is 1. The topological polar surface area (TPSA) is 66.5 Å². The number of carbonyl (C=O) groups excluding carboxylic acids is 1. The molecule has 7 heteroatoms. The van der Waals surface area contributed by atoms with Crippen LogP contribution >= 0.6 is 11.8 Å². The highest BCUT2D eigenvalue weighted by Crippen LogP contribution is 2.28. The number of hydrogen-bond donors (Lipinski definition) is 1. The van der Waals surface area contributed by atoms with E-state index in [1.807, 2.05) is 30.3 Å². The molecule has 2 rings (SSSR count). The molecule has 0 radical (unpaired) electrons. The fraction of sp³-hybridized carbons (Fsp3) is 0.278. The van der Waals surface area contributed by atoms with Crippen LogP contribution in [-0.4, -0.2) is 38.5 Å². The van der Waals surface area contributed by atoms with E-state index in [2.05, 4.69) is 12.2 Å². The first-order valence-corrected chi connectivity index (χ1v) is 10.3. The number of rotatable bonds is 7. The monoisotopic (exact) mass is 378 g/mol. The van der Waals surface area contributed by atoms with Gasteiger partial charge in [-0.15, -0.1) is 11.8 Å². The largest absolute Gasteiger partial charge is 0.325 e. The second-order valence-corrected chi connectivity index (χ2v) is 9.21. The maximum absolute atomic E-state index is 12.2. The van der Waals surface area contributed by atoms with Gasteiger partial charge in [-0.1, -0.05) is 36.4 Å². The summed E-state index contributed by atoms with van der Waals surface area (Å²) < 4.78 is 25.4. The summed E-state index contributed by atoms with van der Waals surface area (Å²) in [5.74, 6) is 0.132. The van der Waals surface area contributed by atoms with Gasteiger partial charge in [0.1, 0.15) is 0 Å². The Labute approximate surface area is 153 Å². The van der Waals surface area contributed by atoms with Crippen molar-refractivity contribution in [2.75, 3.05) is 25.2 Å². The fourth-order valence-electron chi connectivity index (χ4n) is 2.16. The summed E-state index contributed by atoms with van der Waals surface area (Å²) in [6, 6.07) is 16.3. The van der Waals surface area contributed by atoms with Crippen molar-refractivity contribution in [3.05, 3.63) is 60.2 Å². The van der Waals surface area contributed by atoms with Crippen LogP contribution in [0.3, 0.4) is 0 Å². The van der Waals surface area contributed by atoms with E-state index < -0.39 is 10.0 Å². The zero-order valence-corrected chi connectivity index (χ0v) is 16.1. The van der Waals surface area contributed by atoms with Crippen molar-refractivity contribution in [2.24, 2.45) is 0 Å². The van der Waals surface area contributed by atoms with Gasteiger partial charge in [0.25, 0.3) is 0 Å². The Bertz CT molecular complexity index is 821. The van der Waals surface area contributed by atoms with Gasteiger partial charge in [-0.05, 0) is 30.7 Å². The second kappa shape index (κ2) is 8.51. The van der Waals surface area contributed by atoms with Gasteiger partial charge < -0.3 is 5.32 Å². The third-order valence-electron chi connectivity index (χ3n) is 3.63. The fourth-order valence-corrected chi connectivity index (χ4v) is 3.93. The molecule has 0 aliphatic heterocycles. The first-order chi connectivity index (χ1) is 11.8. The minimum Gasteiger partial charge on any atom is -0.325 e. The standard InChI is InChI=1S/C18H22N2O3S2/c1-14(15-8-5-4-6-9-15)24-13-18(21)19-16-10-7-11-17(12-16)25(22,23)20(2)3/h4-12,14H,13H2,1-3H3,(H,19,21)/t14-/m0/s1. The first kappa shape index (κ1) is 19.5. The van der Waals surface area contributed by atoms with Gasteiger partial charge in [-0.25, -0.2) is 12.7 Å². The van der Waals surface area contributed by atoms with E-state index in [1.54, 1.807) is 12.1 Å². The number of nitrogens with zero attached hydrogens (tertiary/aromatic N) is 1. The van der Waals surface area contributed by atoms with E-state index >= 15 is 0 Å². The Hall–Kier alpha value is -1.83. The highest BCUT2D eigenvalue weighted by atomic mass is 32.2. The molecule has 0 spiro atoms. The highest BCUT2D eigenvalue weighted by molar-refractivity contribution is 8.00. The Morgan fingerprint density at radius 2 is 1.80 bits per heavy atom. The predicted molar refractivity (Wildman–Crippen MR) is 103 cm³/mol. The minimum atomic E-state index is -3.52. The second-order valence-electron chi connectivity index (χ2n) is 5.73. The quantitative estimate of drug-likeness (QED) is 0.802.